The molecule has 7 heteroatoms. The highest BCUT2D eigenvalue weighted by Gasteiger charge is 2.37. The minimum absolute atomic E-state index is 0.00211. The number of amides is 1. The number of aryl methyl sites for hydroxylation is 3. The van der Waals surface area contributed by atoms with E-state index in [1.165, 1.54) is 11.3 Å². The van der Waals surface area contributed by atoms with Gasteiger partial charge in [0.25, 0.3) is 5.91 Å². The monoisotopic (exact) mass is 361 g/mol. The van der Waals surface area contributed by atoms with Crippen molar-refractivity contribution in [3.63, 3.8) is 0 Å². The predicted octanol–water partition coefficient (Wildman–Crippen LogP) is 2.98. The van der Waals surface area contributed by atoms with Gasteiger partial charge in [0.2, 0.25) is 0 Å². The summed E-state index contributed by atoms with van der Waals surface area (Å²) in [5.41, 5.74) is 1.92. The topological polar surface area (TPSA) is 64.6 Å². The summed E-state index contributed by atoms with van der Waals surface area (Å²) in [5.74, 6) is 0.815. The molecule has 2 saturated heterocycles. The second-order valence-corrected chi connectivity index (χ2v) is 7.76. The van der Waals surface area contributed by atoms with Gasteiger partial charge in [0.15, 0.2) is 6.29 Å². The zero-order valence-electron chi connectivity index (χ0n) is 14.9. The first-order chi connectivity index (χ1) is 12.1. The summed E-state index contributed by atoms with van der Waals surface area (Å²) in [6.45, 7) is 7.84. The molecule has 2 aliphatic heterocycles. The molecule has 2 fully saturated rings. The Morgan fingerprint density at radius 3 is 2.68 bits per heavy atom. The fourth-order valence-electron chi connectivity index (χ4n) is 3.90. The number of ether oxygens (including phenoxy) is 2. The number of nitrogens with zero attached hydrogens (tertiary/aromatic N) is 3. The second-order valence-electron chi connectivity index (χ2n) is 6.76. The van der Waals surface area contributed by atoms with Crippen molar-refractivity contribution in [2.24, 2.45) is 0 Å². The van der Waals surface area contributed by atoms with E-state index in [2.05, 4.69) is 9.97 Å². The summed E-state index contributed by atoms with van der Waals surface area (Å²) in [6, 6.07) is 0.00211. The minimum atomic E-state index is -0.289. The Morgan fingerprint density at radius 1 is 1.16 bits per heavy atom. The number of rotatable bonds is 2. The SMILES string of the molecule is Cc1nc(C)c2c(C)c(C(=O)N3CCCCC3C3OCCO3)sc2n1. The third-order valence-corrected chi connectivity index (χ3v) is 6.22. The van der Waals surface area contributed by atoms with Crippen molar-refractivity contribution in [2.45, 2.75) is 52.4 Å². The Morgan fingerprint density at radius 2 is 1.92 bits per heavy atom. The standard InChI is InChI=1S/C18H23N3O3S/c1-10-14-11(2)19-12(3)20-16(14)25-15(10)17(22)21-7-5-4-6-13(21)18-23-8-9-24-18/h13,18H,4-9H2,1-3H3. The van der Waals surface area contributed by atoms with Crippen LogP contribution in [0.25, 0.3) is 10.2 Å². The van der Waals surface area contributed by atoms with Gasteiger partial charge in [-0.1, -0.05) is 0 Å². The van der Waals surface area contributed by atoms with Gasteiger partial charge in [-0.2, -0.15) is 0 Å². The molecule has 2 aliphatic rings. The molecule has 4 heterocycles. The van der Waals surface area contributed by atoms with Crippen molar-refractivity contribution in [1.82, 2.24) is 14.9 Å². The van der Waals surface area contributed by atoms with Crippen LogP contribution in [0, 0.1) is 20.8 Å². The fraction of sp³-hybridized carbons (Fsp3) is 0.611. The average molecular weight is 361 g/mol. The Bertz CT molecular complexity index is 813. The van der Waals surface area contributed by atoms with Crippen molar-refractivity contribution in [1.29, 1.82) is 0 Å². The van der Waals surface area contributed by atoms with Gasteiger partial charge in [0.1, 0.15) is 10.7 Å². The van der Waals surface area contributed by atoms with E-state index in [0.717, 1.165) is 58.0 Å². The van der Waals surface area contributed by atoms with Crippen LogP contribution in [0.3, 0.4) is 0 Å². The lowest BCUT2D eigenvalue weighted by Gasteiger charge is -2.37. The number of carbonyl (C=O) groups excluding carboxylic acids is 1. The van der Waals surface area contributed by atoms with Crippen LogP contribution in [0.2, 0.25) is 0 Å². The van der Waals surface area contributed by atoms with Crippen molar-refractivity contribution in [2.75, 3.05) is 19.8 Å². The van der Waals surface area contributed by atoms with E-state index < -0.39 is 0 Å². The van der Waals surface area contributed by atoms with Crippen molar-refractivity contribution in [3.05, 3.63) is 22.0 Å². The van der Waals surface area contributed by atoms with Crippen LogP contribution in [-0.4, -0.2) is 52.9 Å². The first kappa shape index (κ1) is 16.9. The zero-order valence-corrected chi connectivity index (χ0v) is 15.7. The smallest absolute Gasteiger partial charge is 0.264 e. The lowest BCUT2D eigenvalue weighted by Crippen LogP contribution is -2.50. The molecule has 6 nitrogen and oxygen atoms in total. The maximum Gasteiger partial charge on any atom is 0.264 e. The van der Waals surface area contributed by atoms with Crippen LogP contribution in [0.1, 0.15) is 46.0 Å². The van der Waals surface area contributed by atoms with E-state index in [-0.39, 0.29) is 18.2 Å². The number of fused-ring (bicyclic) bond motifs is 1. The lowest BCUT2D eigenvalue weighted by molar-refractivity contribution is -0.100. The van der Waals surface area contributed by atoms with E-state index in [1.807, 2.05) is 25.7 Å². The van der Waals surface area contributed by atoms with Gasteiger partial charge in [0, 0.05) is 17.6 Å². The van der Waals surface area contributed by atoms with E-state index >= 15 is 0 Å². The molecule has 4 rings (SSSR count). The third-order valence-electron chi connectivity index (χ3n) is 5.05. The first-order valence-corrected chi connectivity index (χ1v) is 9.66. The van der Waals surface area contributed by atoms with Crippen LogP contribution in [0.5, 0.6) is 0 Å². The molecule has 134 valence electrons. The van der Waals surface area contributed by atoms with Crippen LogP contribution in [-0.2, 0) is 9.47 Å². The molecule has 2 aromatic rings. The molecule has 1 amide bonds. The maximum absolute atomic E-state index is 13.3. The predicted molar refractivity (Wildman–Crippen MR) is 96.0 cm³/mol. The highest BCUT2D eigenvalue weighted by molar-refractivity contribution is 7.20. The lowest BCUT2D eigenvalue weighted by atomic mass is 10.0. The van der Waals surface area contributed by atoms with E-state index in [0.29, 0.717) is 13.2 Å². The van der Waals surface area contributed by atoms with Crippen molar-refractivity contribution < 1.29 is 14.3 Å². The summed E-state index contributed by atoms with van der Waals surface area (Å²) in [5, 5.41) is 1.01. The molecule has 0 aromatic carbocycles. The number of hydrogen-bond acceptors (Lipinski definition) is 6. The molecular weight excluding hydrogens is 338 g/mol. The van der Waals surface area contributed by atoms with Crippen molar-refractivity contribution in [3.8, 4) is 0 Å². The van der Waals surface area contributed by atoms with Gasteiger partial charge in [-0.3, -0.25) is 4.79 Å². The van der Waals surface area contributed by atoms with Crippen LogP contribution in [0.4, 0.5) is 0 Å². The van der Waals surface area contributed by atoms with Crippen LogP contribution < -0.4 is 0 Å². The molecule has 0 saturated carbocycles. The number of piperidine rings is 1. The summed E-state index contributed by atoms with van der Waals surface area (Å²) in [4.78, 5) is 25.9. The molecule has 1 unspecified atom stereocenters. The highest BCUT2D eigenvalue weighted by atomic mass is 32.1. The van der Waals surface area contributed by atoms with E-state index in [1.54, 1.807) is 0 Å². The number of likely N-dealkylation sites (tertiary alicyclic amines) is 1. The average Bonchev–Trinajstić information content (AvgIpc) is 3.22. The Labute approximate surface area is 151 Å². The molecule has 25 heavy (non-hydrogen) atoms. The molecular formula is C18H23N3O3S. The number of thiophene rings is 1. The highest BCUT2D eigenvalue weighted by Crippen LogP contribution is 2.34. The number of aromatic nitrogens is 2. The largest absolute Gasteiger partial charge is 0.348 e. The molecule has 0 N–H and O–H groups in total. The van der Waals surface area contributed by atoms with E-state index in [9.17, 15) is 4.79 Å². The molecule has 2 aromatic heterocycles. The fourth-order valence-corrected chi connectivity index (χ4v) is 5.13. The van der Waals surface area contributed by atoms with Gasteiger partial charge in [-0.05, 0) is 45.6 Å². The Hall–Kier alpha value is -1.57. The van der Waals surface area contributed by atoms with E-state index in [4.69, 9.17) is 9.47 Å². The second kappa shape index (κ2) is 6.63. The molecule has 0 spiro atoms. The molecule has 0 radical (unpaired) electrons. The van der Waals surface area contributed by atoms with Gasteiger partial charge in [0.05, 0.1) is 24.1 Å². The Balaban J connectivity index is 1.70. The maximum atomic E-state index is 13.3. The normalized spacial score (nSPS) is 22.0. The number of carbonyl (C=O) groups is 1. The first-order valence-electron chi connectivity index (χ1n) is 8.85. The Kier molecular flexibility index (Phi) is 4.47. The number of hydrogen-bond donors (Lipinski definition) is 0. The third kappa shape index (κ3) is 2.94. The zero-order chi connectivity index (χ0) is 17.6. The van der Waals surface area contributed by atoms with Gasteiger partial charge >= 0.3 is 0 Å². The van der Waals surface area contributed by atoms with Gasteiger partial charge in [-0.15, -0.1) is 11.3 Å². The van der Waals surface area contributed by atoms with Gasteiger partial charge in [-0.25, -0.2) is 9.97 Å². The summed E-state index contributed by atoms with van der Waals surface area (Å²) >= 11 is 1.47. The summed E-state index contributed by atoms with van der Waals surface area (Å²) < 4.78 is 11.4. The van der Waals surface area contributed by atoms with Crippen LogP contribution in [0.15, 0.2) is 0 Å². The quantitative estimate of drug-likeness (QED) is 0.823. The molecule has 1 atom stereocenters. The van der Waals surface area contributed by atoms with Gasteiger partial charge < -0.3 is 14.4 Å². The molecule has 0 bridgehead atoms. The molecule has 0 aliphatic carbocycles. The summed E-state index contributed by atoms with van der Waals surface area (Å²) in [7, 11) is 0. The van der Waals surface area contributed by atoms with Crippen molar-refractivity contribution >= 4 is 27.5 Å². The summed E-state index contributed by atoms with van der Waals surface area (Å²) in [6.07, 6.45) is 2.77. The minimum Gasteiger partial charge on any atom is -0.348 e. The van der Waals surface area contributed by atoms with Crippen LogP contribution >= 0.6 is 11.3 Å².